The van der Waals surface area contributed by atoms with Crippen LogP contribution in [0.15, 0.2) is 70.2 Å². The first kappa shape index (κ1) is 15.0. The second kappa shape index (κ2) is 6.51. The molecule has 24 heavy (non-hydrogen) atoms. The SMILES string of the molecule is O=c1ccc(-c2ccccc2)nn1Cc1csc(-c2cccs2)n1. The predicted molar refractivity (Wildman–Crippen MR) is 98.5 cm³/mol. The smallest absolute Gasteiger partial charge is 0.267 e. The third-order valence-electron chi connectivity index (χ3n) is 3.53. The lowest BCUT2D eigenvalue weighted by Crippen LogP contribution is -2.22. The third-order valence-corrected chi connectivity index (χ3v) is 5.46. The van der Waals surface area contributed by atoms with Gasteiger partial charge in [0.2, 0.25) is 0 Å². The highest BCUT2D eigenvalue weighted by atomic mass is 32.1. The molecule has 0 aliphatic carbocycles. The van der Waals surface area contributed by atoms with Gasteiger partial charge in [-0.3, -0.25) is 4.79 Å². The Bertz CT molecular complexity index is 1000. The molecule has 0 aliphatic heterocycles. The minimum atomic E-state index is -0.125. The molecule has 0 fully saturated rings. The number of hydrogen-bond acceptors (Lipinski definition) is 5. The first-order valence-electron chi connectivity index (χ1n) is 7.41. The fourth-order valence-electron chi connectivity index (χ4n) is 2.37. The Kier molecular flexibility index (Phi) is 4.06. The predicted octanol–water partition coefficient (Wildman–Crippen LogP) is 4.14. The summed E-state index contributed by atoms with van der Waals surface area (Å²) in [4.78, 5) is 17.9. The summed E-state index contributed by atoms with van der Waals surface area (Å²) in [6.07, 6.45) is 0. The van der Waals surface area contributed by atoms with Crippen LogP contribution < -0.4 is 5.56 Å². The molecule has 0 atom stereocenters. The van der Waals surface area contributed by atoms with E-state index >= 15 is 0 Å². The van der Waals surface area contributed by atoms with Gasteiger partial charge in [0.05, 0.1) is 22.8 Å². The van der Waals surface area contributed by atoms with Crippen molar-refractivity contribution in [2.24, 2.45) is 0 Å². The largest absolute Gasteiger partial charge is 0.268 e. The summed E-state index contributed by atoms with van der Waals surface area (Å²) < 4.78 is 1.47. The topological polar surface area (TPSA) is 47.8 Å². The summed E-state index contributed by atoms with van der Waals surface area (Å²) in [5.41, 5.74) is 2.50. The molecule has 118 valence electrons. The van der Waals surface area contributed by atoms with Gasteiger partial charge in [-0.05, 0) is 17.5 Å². The molecule has 3 heterocycles. The van der Waals surface area contributed by atoms with Crippen LogP contribution in [0, 0.1) is 0 Å². The molecule has 0 aliphatic rings. The zero-order valence-electron chi connectivity index (χ0n) is 12.6. The maximum atomic E-state index is 12.1. The summed E-state index contributed by atoms with van der Waals surface area (Å²) in [6.45, 7) is 0.376. The molecule has 0 bridgehead atoms. The van der Waals surface area contributed by atoms with Crippen molar-refractivity contribution in [3.05, 3.63) is 81.4 Å². The number of benzene rings is 1. The Morgan fingerprint density at radius 3 is 2.62 bits per heavy atom. The highest BCUT2D eigenvalue weighted by molar-refractivity contribution is 7.20. The van der Waals surface area contributed by atoms with Crippen molar-refractivity contribution in [1.82, 2.24) is 14.8 Å². The number of rotatable bonds is 4. The van der Waals surface area contributed by atoms with E-state index in [-0.39, 0.29) is 5.56 Å². The molecule has 0 unspecified atom stereocenters. The standard InChI is InChI=1S/C18H13N3OS2/c22-17-9-8-15(13-5-2-1-3-6-13)20-21(17)11-14-12-24-18(19-14)16-7-4-10-23-16/h1-10,12H,11H2. The Balaban J connectivity index is 1.64. The van der Waals surface area contributed by atoms with Crippen molar-refractivity contribution in [2.45, 2.75) is 6.54 Å². The van der Waals surface area contributed by atoms with Gasteiger partial charge in [-0.2, -0.15) is 5.10 Å². The van der Waals surface area contributed by atoms with E-state index in [0.717, 1.165) is 26.8 Å². The minimum Gasteiger partial charge on any atom is -0.268 e. The lowest BCUT2D eigenvalue weighted by atomic mass is 10.1. The lowest BCUT2D eigenvalue weighted by molar-refractivity contribution is 0.634. The van der Waals surface area contributed by atoms with Crippen LogP contribution in [0.1, 0.15) is 5.69 Å². The molecular weight excluding hydrogens is 338 g/mol. The van der Waals surface area contributed by atoms with Gasteiger partial charge in [0.25, 0.3) is 5.56 Å². The summed E-state index contributed by atoms with van der Waals surface area (Å²) in [5.74, 6) is 0. The van der Waals surface area contributed by atoms with Crippen molar-refractivity contribution in [3.63, 3.8) is 0 Å². The van der Waals surface area contributed by atoms with Crippen molar-refractivity contribution in [3.8, 4) is 21.1 Å². The highest BCUT2D eigenvalue weighted by Crippen LogP contribution is 2.27. The van der Waals surface area contributed by atoms with Crippen molar-refractivity contribution < 1.29 is 0 Å². The van der Waals surface area contributed by atoms with E-state index in [1.807, 2.05) is 53.2 Å². The maximum absolute atomic E-state index is 12.1. The molecule has 3 aromatic heterocycles. The van der Waals surface area contributed by atoms with Crippen LogP contribution in [0.2, 0.25) is 0 Å². The molecule has 0 radical (unpaired) electrons. The zero-order chi connectivity index (χ0) is 16.4. The second-order valence-corrected chi connectivity index (χ2v) is 7.01. The molecular formula is C18H13N3OS2. The maximum Gasteiger partial charge on any atom is 0.267 e. The number of hydrogen-bond donors (Lipinski definition) is 0. The molecule has 0 saturated carbocycles. The van der Waals surface area contributed by atoms with E-state index in [1.165, 1.54) is 4.68 Å². The van der Waals surface area contributed by atoms with Gasteiger partial charge in [0.1, 0.15) is 5.01 Å². The van der Waals surface area contributed by atoms with Crippen molar-refractivity contribution in [2.75, 3.05) is 0 Å². The van der Waals surface area contributed by atoms with Gasteiger partial charge in [-0.15, -0.1) is 22.7 Å². The average molecular weight is 351 g/mol. The summed E-state index contributed by atoms with van der Waals surface area (Å²) >= 11 is 3.25. The average Bonchev–Trinajstić information content (AvgIpc) is 3.29. The summed E-state index contributed by atoms with van der Waals surface area (Å²) in [6, 6.07) is 17.2. The Morgan fingerprint density at radius 2 is 1.83 bits per heavy atom. The van der Waals surface area contributed by atoms with E-state index in [4.69, 9.17) is 0 Å². The number of aromatic nitrogens is 3. The van der Waals surface area contributed by atoms with Crippen LogP contribution in [0.4, 0.5) is 0 Å². The molecule has 4 rings (SSSR count). The second-order valence-electron chi connectivity index (χ2n) is 5.20. The van der Waals surface area contributed by atoms with Gasteiger partial charge in [-0.25, -0.2) is 9.67 Å². The lowest BCUT2D eigenvalue weighted by Gasteiger charge is -2.05. The van der Waals surface area contributed by atoms with E-state index in [9.17, 15) is 4.79 Å². The van der Waals surface area contributed by atoms with Crippen LogP contribution in [0.5, 0.6) is 0 Å². The third kappa shape index (κ3) is 3.06. The molecule has 0 N–H and O–H groups in total. The van der Waals surface area contributed by atoms with Gasteiger partial charge in [0, 0.05) is 17.0 Å². The number of thiazole rings is 1. The van der Waals surface area contributed by atoms with E-state index in [2.05, 4.69) is 10.1 Å². The van der Waals surface area contributed by atoms with Crippen LogP contribution >= 0.6 is 22.7 Å². The van der Waals surface area contributed by atoms with Gasteiger partial charge < -0.3 is 0 Å². The van der Waals surface area contributed by atoms with Crippen LogP contribution in [0.25, 0.3) is 21.1 Å². The Labute approximate surface area is 146 Å². The van der Waals surface area contributed by atoms with Crippen LogP contribution in [0.3, 0.4) is 0 Å². The fraction of sp³-hybridized carbons (Fsp3) is 0.0556. The summed E-state index contributed by atoms with van der Waals surface area (Å²) in [7, 11) is 0. The molecule has 0 amide bonds. The Morgan fingerprint density at radius 1 is 0.958 bits per heavy atom. The van der Waals surface area contributed by atoms with E-state index in [1.54, 1.807) is 34.8 Å². The number of nitrogens with zero attached hydrogens (tertiary/aromatic N) is 3. The summed E-state index contributed by atoms with van der Waals surface area (Å²) in [5, 5.41) is 9.48. The molecule has 4 aromatic rings. The van der Waals surface area contributed by atoms with Crippen LogP contribution in [-0.2, 0) is 6.54 Å². The van der Waals surface area contributed by atoms with Gasteiger partial charge in [-0.1, -0.05) is 36.4 Å². The first-order chi connectivity index (χ1) is 11.8. The molecule has 6 heteroatoms. The van der Waals surface area contributed by atoms with Gasteiger partial charge in [0.15, 0.2) is 0 Å². The van der Waals surface area contributed by atoms with Gasteiger partial charge >= 0.3 is 0 Å². The van der Waals surface area contributed by atoms with E-state index < -0.39 is 0 Å². The minimum absolute atomic E-state index is 0.125. The van der Waals surface area contributed by atoms with Crippen molar-refractivity contribution in [1.29, 1.82) is 0 Å². The zero-order valence-corrected chi connectivity index (χ0v) is 14.3. The molecule has 4 nitrogen and oxygen atoms in total. The first-order valence-corrected chi connectivity index (χ1v) is 9.17. The quantitative estimate of drug-likeness (QED) is 0.555. The fourth-order valence-corrected chi connectivity index (χ4v) is 4.00. The normalized spacial score (nSPS) is 10.8. The Hall–Kier alpha value is -2.57. The van der Waals surface area contributed by atoms with E-state index in [0.29, 0.717) is 6.54 Å². The molecule has 0 spiro atoms. The highest BCUT2D eigenvalue weighted by Gasteiger charge is 2.08. The molecule has 0 saturated heterocycles. The van der Waals surface area contributed by atoms with Crippen molar-refractivity contribution >= 4 is 22.7 Å². The monoisotopic (exact) mass is 351 g/mol. The molecule has 1 aromatic carbocycles. The van der Waals surface area contributed by atoms with Crippen LogP contribution in [-0.4, -0.2) is 14.8 Å². The number of thiophene rings is 1.